The van der Waals surface area contributed by atoms with E-state index in [-0.39, 0.29) is 0 Å². The van der Waals surface area contributed by atoms with Gasteiger partial charge in [0.2, 0.25) is 0 Å². The third-order valence-corrected chi connectivity index (χ3v) is 14.2. The molecule has 0 aromatic carbocycles. The molecule has 12 aliphatic rings. The van der Waals surface area contributed by atoms with Crippen LogP contribution in [0.1, 0.15) is 64.2 Å². The fourth-order valence-corrected chi connectivity index (χ4v) is 9.96. The molecule has 6 unspecified atom stereocenters. The van der Waals surface area contributed by atoms with Gasteiger partial charge in [-0.15, -0.1) is 0 Å². The summed E-state index contributed by atoms with van der Waals surface area (Å²) in [6.07, 6.45) is 19.9. The van der Waals surface area contributed by atoms with Crippen molar-refractivity contribution in [3.8, 4) is 0 Å². The minimum Gasteiger partial charge on any atom is -0.375 e. The lowest BCUT2D eigenvalue weighted by atomic mass is 9.63. The fraction of sp³-hybridized carbons (Fsp3) is 0.951. The molecule has 12 rings (SSSR count). The molecule has 0 aromatic heterocycles. The average Bonchev–Trinajstić information content (AvgIpc) is 3.67. The van der Waals surface area contributed by atoms with Gasteiger partial charge in [-0.25, -0.2) is 0 Å². The van der Waals surface area contributed by atoms with Crippen molar-refractivity contribution in [2.24, 2.45) is 16.2 Å². The number of fused-ring (bicyclic) bond motifs is 3. The van der Waals surface area contributed by atoms with Crippen molar-refractivity contribution in [3.63, 3.8) is 0 Å². The smallest absolute Gasteiger partial charge is 0.0865 e. The van der Waals surface area contributed by atoms with E-state index in [1.54, 1.807) is 0 Å². The quantitative estimate of drug-likeness (QED) is 0.147. The van der Waals surface area contributed by atoms with Gasteiger partial charge in [-0.2, -0.15) is 0 Å². The topological polar surface area (TPSA) is 148 Å². The zero-order valence-electron chi connectivity index (χ0n) is 33.6. The van der Waals surface area contributed by atoms with Gasteiger partial charge in [0.25, 0.3) is 0 Å². The SMILES string of the molecule is C1=CC2(C1)CCNCC2.C1CC2(C1)CCNCC2.C1CC2NCCOC2CN1.C1CC2OCCNC2CN1.C1COC2CNCC2N1.C1NCC12CNC2. The molecule has 13 nitrogen and oxygen atoms in total. The van der Waals surface area contributed by atoms with Gasteiger partial charge >= 0.3 is 0 Å². The molecule has 10 N–H and O–H groups in total. The van der Waals surface area contributed by atoms with Gasteiger partial charge in [0.05, 0.1) is 38.1 Å². The van der Waals surface area contributed by atoms with E-state index in [9.17, 15) is 0 Å². The van der Waals surface area contributed by atoms with Crippen LogP contribution in [0, 0.1) is 16.2 Å². The molecule has 2 aliphatic carbocycles. The van der Waals surface area contributed by atoms with Crippen molar-refractivity contribution in [2.45, 2.75) is 101 Å². The van der Waals surface area contributed by atoms with E-state index in [2.05, 4.69) is 65.3 Å². The standard InChI is InChI=1S/C8H15N.C8H13N.2C7H14N2O.C6H12N2O.C5H10N2/c2*1-2-8(3-1)4-6-9-7-5-8;1-2-8-5-6-7(1)10-4-3-9-6;1-2-8-5-7-6(1)9-3-4-10-7;1-2-9-6-4-7-3-5(6)8-1;1-5(2-6-1)3-7-4-5/h9H,1-7H2;1-2,9H,3-7H2;2*6-9H,1-5H2;5-8H,1-4H2;6-7H,1-4H2. The van der Waals surface area contributed by atoms with Gasteiger partial charge < -0.3 is 67.4 Å². The monoisotopic (exact) mass is 759 g/mol. The molecular weight excluding hydrogens is 681 g/mol. The lowest BCUT2D eigenvalue weighted by Crippen LogP contribution is -2.69. The molecule has 6 atom stereocenters. The van der Waals surface area contributed by atoms with Crippen LogP contribution in [0.2, 0.25) is 0 Å². The van der Waals surface area contributed by atoms with E-state index >= 15 is 0 Å². The Balaban J connectivity index is 0.000000100. The zero-order chi connectivity index (χ0) is 36.8. The largest absolute Gasteiger partial charge is 0.375 e. The number of ether oxygens (including phenoxy) is 3. The Bertz CT molecular complexity index is 984. The van der Waals surface area contributed by atoms with Crippen LogP contribution in [0.15, 0.2) is 12.2 Å². The molecular formula is C41H78N10O3. The van der Waals surface area contributed by atoms with Crippen LogP contribution in [0.4, 0.5) is 0 Å². The van der Waals surface area contributed by atoms with E-state index in [0.29, 0.717) is 41.9 Å². The van der Waals surface area contributed by atoms with Crippen LogP contribution >= 0.6 is 0 Å². The molecule has 54 heavy (non-hydrogen) atoms. The maximum absolute atomic E-state index is 5.58. The molecule has 11 fully saturated rings. The predicted molar refractivity (Wildman–Crippen MR) is 217 cm³/mol. The lowest BCUT2D eigenvalue weighted by Gasteiger charge is -2.50. The summed E-state index contributed by atoms with van der Waals surface area (Å²) < 4.78 is 16.6. The molecule has 3 spiro atoms. The van der Waals surface area contributed by atoms with Crippen molar-refractivity contribution in [2.75, 3.05) is 131 Å². The Hall–Kier alpha value is -0.780. The van der Waals surface area contributed by atoms with Gasteiger partial charge in [-0.3, -0.25) is 0 Å². The second kappa shape index (κ2) is 21.3. The molecule has 10 aliphatic heterocycles. The van der Waals surface area contributed by atoms with Crippen LogP contribution in [0.3, 0.4) is 0 Å². The first-order valence-electron chi connectivity index (χ1n) is 22.3. The van der Waals surface area contributed by atoms with Crippen LogP contribution in [0.25, 0.3) is 0 Å². The molecule has 0 aromatic rings. The summed E-state index contributed by atoms with van der Waals surface area (Å²) >= 11 is 0. The molecule has 1 saturated carbocycles. The van der Waals surface area contributed by atoms with Crippen molar-refractivity contribution in [3.05, 3.63) is 12.2 Å². The summed E-state index contributed by atoms with van der Waals surface area (Å²) in [6.45, 7) is 22.2. The molecule has 310 valence electrons. The average molecular weight is 759 g/mol. The predicted octanol–water partition coefficient (Wildman–Crippen LogP) is -0.345. The Morgan fingerprint density at radius 3 is 1.41 bits per heavy atom. The highest BCUT2D eigenvalue weighted by atomic mass is 16.5. The minimum atomic E-state index is 0.433. The number of piperidine rings is 4. The number of hydrogen-bond acceptors (Lipinski definition) is 13. The third-order valence-electron chi connectivity index (χ3n) is 14.2. The van der Waals surface area contributed by atoms with E-state index in [1.807, 2.05) is 0 Å². The summed E-state index contributed by atoms with van der Waals surface area (Å²) in [4.78, 5) is 0. The van der Waals surface area contributed by atoms with E-state index in [4.69, 9.17) is 14.2 Å². The van der Waals surface area contributed by atoms with Crippen molar-refractivity contribution in [1.29, 1.82) is 0 Å². The van der Waals surface area contributed by atoms with Crippen molar-refractivity contribution < 1.29 is 14.2 Å². The number of hydrogen-bond donors (Lipinski definition) is 10. The first kappa shape index (κ1) is 41.4. The number of morpholine rings is 3. The van der Waals surface area contributed by atoms with Gasteiger partial charge in [0.1, 0.15) is 0 Å². The maximum atomic E-state index is 5.58. The highest BCUT2D eigenvalue weighted by molar-refractivity contribution is 5.14. The molecule has 13 heteroatoms. The number of rotatable bonds is 0. The summed E-state index contributed by atoms with van der Waals surface area (Å²) in [7, 11) is 0. The van der Waals surface area contributed by atoms with Gasteiger partial charge in [-0.05, 0) is 108 Å². The Morgan fingerprint density at radius 2 is 0.944 bits per heavy atom. The summed E-state index contributed by atoms with van der Waals surface area (Å²) in [5.74, 6) is 0. The maximum Gasteiger partial charge on any atom is 0.0865 e. The van der Waals surface area contributed by atoms with Crippen LogP contribution < -0.4 is 53.2 Å². The highest BCUT2D eigenvalue weighted by Gasteiger charge is 2.42. The normalized spacial score (nSPS) is 37.0. The van der Waals surface area contributed by atoms with E-state index < -0.39 is 0 Å². The van der Waals surface area contributed by atoms with E-state index in [1.165, 1.54) is 110 Å². The van der Waals surface area contributed by atoms with Gasteiger partial charge in [0, 0.05) is 95.5 Å². The second-order valence-corrected chi connectivity index (χ2v) is 18.1. The number of allylic oxidation sites excluding steroid dienone is 2. The van der Waals surface area contributed by atoms with Crippen LogP contribution in [0.5, 0.6) is 0 Å². The number of nitrogens with one attached hydrogen (secondary N) is 10. The molecule has 10 heterocycles. The molecule has 0 radical (unpaired) electrons. The minimum absolute atomic E-state index is 0.433. The lowest BCUT2D eigenvalue weighted by molar-refractivity contribution is -0.0180. The fourth-order valence-electron chi connectivity index (χ4n) is 9.96. The van der Waals surface area contributed by atoms with Gasteiger partial charge in [-0.1, -0.05) is 18.6 Å². The molecule has 10 saturated heterocycles. The second-order valence-electron chi connectivity index (χ2n) is 18.1. The van der Waals surface area contributed by atoms with E-state index in [0.717, 1.165) is 96.0 Å². The highest BCUT2D eigenvalue weighted by Crippen LogP contribution is 2.47. The first-order valence-corrected chi connectivity index (χ1v) is 22.3. The van der Waals surface area contributed by atoms with Crippen LogP contribution in [-0.2, 0) is 14.2 Å². The zero-order valence-corrected chi connectivity index (χ0v) is 33.6. The summed E-state index contributed by atoms with van der Waals surface area (Å²) in [5, 5.41) is 33.5. The van der Waals surface area contributed by atoms with Crippen molar-refractivity contribution in [1.82, 2.24) is 53.2 Å². The van der Waals surface area contributed by atoms with Crippen molar-refractivity contribution >= 4 is 0 Å². The molecule has 0 bridgehead atoms. The Morgan fingerprint density at radius 1 is 0.426 bits per heavy atom. The van der Waals surface area contributed by atoms with Crippen LogP contribution in [-0.4, -0.2) is 168 Å². The Labute approximate surface area is 326 Å². The third kappa shape index (κ3) is 11.9. The van der Waals surface area contributed by atoms with Gasteiger partial charge in [0.15, 0.2) is 0 Å². The summed E-state index contributed by atoms with van der Waals surface area (Å²) in [5.41, 5.74) is 2.22. The molecule has 0 amide bonds. The summed E-state index contributed by atoms with van der Waals surface area (Å²) in [6, 6.07) is 1.77. The Kier molecular flexibility index (Phi) is 16.3. The first-order chi connectivity index (χ1) is 26.6.